The monoisotopic (exact) mass is 557 g/mol. The van der Waals surface area contributed by atoms with Crippen LogP contribution in [-0.4, -0.2) is 33.5 Å². The van der Waals surface area contributed by atoms with E-state index in [9.17, 15) is 0 Å². The molecule has 0 saturated carbocycles. The number of hydrogen-bond acceptors (Lipinski definition) is 11. The van der Waals surface area contributed by atoms with E-state index in [2.05, 4.69) is 52.3 Å². The average molecular weight is 558 g/mol. The van der Waals surface area contributed by atoms with E-state index in [1.54, 1.807) is 7.11 Å². The van der Waals surface area contributed by atoms with Crippen molar-refractivity contribution in [1.29, 1.82) is 0 Å². The zero-order valence-corrected chi connectivity index (χ0v) is 23.7. The Labute approximate surface area is 233 Å². The van der Waals surface area contributed by atoms with Crippen molar-refractivity contribution in [3.63, 3.8) is 0 Å². The van der Waals surface area contributed by atoms with E-state index < -0.39 is 0 Å². The highest BCUT2D eigenvalue weighted by Gasteiger charge is 2.12. The molecule has 0 fully saturated rings. The van der Waals surface area contributed by atoms with E-state index in [1.807, 2.05) is 76.4 Å². The van der Waals surface area contributed by atoms with Crippen LogP contribution >= 0.6 is 22.7 Å². The van der Waals surface area contributed by atoms with Crippen LogP contribution in [0.5, 0.6) is 5.75 Å². The standard InChI is InChI=1S/C27H27N9OS2/c1-15(22-14-28-23-9-7-6-8-21(22)23)31-35-26-29-16(2)24(38-26)17(3)32-36-27-30-18(4)25(39-27)34-33-19-10-12-20(37-5)13-11-19/h6-14,28H,1-5H3,(H,29,35)(H,30,36)/b31-15+,32-17+,34-33?. The number of fused-ring (bicyclic) bond motifs is 1. The van der Waals surface area contributed by atoms with Crippen LogP contribution in [0.1, 0.15) is 35.7 Å². The Morgan fingerprint density at radius 1 is 0.846 bits per heavy atom. The van der Waals surface area contributed by atoms with E-state index in [0.29, 0.717) is 15.3 Å². The molecule has 0 amide bonds. The van der Waals surface area contributed by atoms with Crippen molar-refractivity contribution in [2.45, 2.75) is 27.7 Å². The smallest absolute Gasteiger partial charge is 0.205 e. The summed E-state index contributed by atoms with van der Waals surface area (Å²) < 4.78 is 5.18. The normalized spacial score (nSPS) is 12.4. The van der Waals surface area contributed by atoms with Crippen molar-refractivity contribution in [1.82, 2.24) is 15.0 Å². The Balaban J connectivity index is 1.24. The molecule has 10 nitrogen and oxygen atoms in total. The Morgan fingerprint density at radius 3 is 2.31 bits per heavy atom. The lowest BCUT2D eigenvalue weighted by atomic mass is 10.1. The van der Waals surface area contributed by atoms with E-state index in [0.717, 1.165) is 55.6 Å². The van der Waals surface area contributed by atoms with Gasteiger partial charge in [0.25, 0.3) is 0 Å². The third kappa shape index (κ3) is 6.02. The number of anilines is 2. The van der Waals surface area contributed by atoms with Gasteiger partial charge < -0.3 is 9.72 Å². The van der Waals surface area contributed by atoms with Crippen LogP contribution in [0.25, 0.3) is 10.9 Å². The Bertz CT molecular complexity index is 1690. The van der Waals surface area contributed by atoms with Crippen molar-refractivity contribution in [2.75, 3.05) is 18.0 Å². The number of nitrogens with one attached hydrogen (secondary N) is 3. The van der Waals surface area contributed by atoms with Crippen LogP contribution in [0.3, 0.4) is 0 Å². The number of rotatable bonds is 9. The van der Waals surface area contributed by atoms with Crippen LogP contribution in [-0.2, 0) is 0 Å². The number of H-pyrrole nitrogens is 1. The van der Waals surface area contributed by atoms with E-state index >= 15 is 0 Å². The summed E-state index contributed by atoms with van der Waals surface area (Å²) in [6, 6.07) is 15.5. The topological polar surface area (TPSA) is 124 Å². The third-order valence-corrected chi connectivity index (χ3v) is 7.96. The van der Waals surface area contributed by atoms with Gasteiger partial charge in [-0.1, -0.05) is 40.9 Å². The Morgan fingerprint density at radius 2 is 1.54 bits per heavy atom. The minimum atomic E-state index is 0.634. The van der Waals surface area contributed by atoms with Crippen molar-refractivity contribution < 1.29 is 4.74 Å². The molecule has 12 heteroatoms. The van der Waals surface area contributed by atoms with Gasteiger partial charge in [-0.3, -0.25) is 10.9 Å². The zero-order valence-electron chi connectivity index (χ0n) is 22.1. The Hall–Kier alpha value is -4.42. The molecule has 0 aliphatic rings. The molecule has 0 atom stereocenters. The first-order chi connectivity index (χ1) is 18.9. The number of aromatic amines is 1. The minimum Gasteiger partial charge on any atom is -0.497 e. The first-order valence-corrected chi connectivity index (χ1v) is 13.7. The molecule has 0 aliphatic carbocycles. The van der Waals surface area contributed by atoms with E-state index in [1.165, 1.54) is 22.7 Å². The number of azo groups is 1. The second-order valence-corrected chi connectivity index (χ2v) is 10.6. The highest BCUT2D eigenvalue weighted by Crippen LogP contribution is 2.32. The van der Waals surface area contributed by atoms with Crippen LogP contribution in [0.4, 0.5) is 21.0 Å². The van der Waals surface area contributed by atoms with Gasteiger partial charge in [0.1, 0.15) is 5.75 Å². The molecule has 5 aromatic rings. The maximum Gasteiger partial charge on any atom is 0.205 e. The molecule has 0 bridgehead atoms. The van der Waals surface area contributed by atoms with Crippen LogP contribution in [0, 0.1) is 13.8 Å². The first-order valence-electron chi connectivity index (χ1n) is 12.1. The molecule has 5 rings (SSSR count). The zero-order chi connectivity index (χ0) is 27.4. The van der Waals surface area contributed by atoms with Gasteiger partial charge in [-0.05, 0) is 58.0 Å². The fourth-order valence-electron chi connectivity index (χ4n) is 3.81. The van der Waals surface area contributed by atoms with Crippen LogP contribution < -0.4 is 15.6 Å². The minimum absolute atomic E-state index is 0.634. The van der Waals surface area contributed by atoms with Gasteiger partial charge in [0, 0.05) is 22.7 Å². The third-order valence-electron chi connectivity index (χ3n) is 5.84. The maximum atomic E-state index is 5.18. The number of hydrazone groups is 2. The number of para-hydroxylation sites is 1. The number of benzene rings is 2. The predicted octanol–water partition coefficient (Wildman–Crippen LogP) is 7.79. The molecule has 0 radical (unpaired) electrons. The molecule has 198 valence electrons. The molecular formula is C27H27N9OS2. The number of aryl methyl sites for hydroxylation is 2. The van der Waals surface area contributed by atoms with Gasteiger partial charge in [-0.2, -0.15) is 10.2 Å². The van der Waals surface area contributed by atoms with Gasteiger partial charge >= 0.3 is 0 Å². The molecule has 3 N–H and O–H groups in total. The van der Waals surface area contributed by atoms with Crippen molar-refractivity contribution in [3.05, 3.63) is 76.6 Å². The second-order valence-electron chi connectivity index (χ2n) is 8.61. The summed E-state index contributed by atoms with van der Waals surface area (Å²) in [5.74, 6) is 0.773. The number of ether oxygens (including phenoxy) is 1. The first kappa shape index (κ1) is 26.2. The molecular weight excluding hydrogens is 530 g/mol. The molecule has 3 aromatic heterocycles. The second kappa shape index (κ2) is 11.5. The number of methoxy groups -OCH3 is 1. The quantitative estimate of drug-likeness (QED) is 0.0969. The fraction of sp³-hybridized carbons (Fsp3) is 0.185. The fourth-order valence-corrected chi connectivity index (χ4v) is 5.39. The summed E-state index contributed by atoms with van der Waals surface area (Å²) in [5.41, 5.74) is 12.3. The van der Waals surface area contributed by atoms with Crippen LogP contribution in [0.15, 0.2) is 75.2 Å². The summed E-state index contributed by atoms with van der Waals surface area (Å²) in [6.07, 6.45) is 1.97. The number of aromatic nitrogens is 3. The largest absolute Gasteiger partial charge is 0.497 e. The van der Waals surface area contributed by atoms with Crippen molar-refractivity contribution in [3.8, 4) is 5.75 Å². The summed E-state index contributed by atoms with van der Waals surface area (Å²) in [4.78, 5) is 13.4. The van der Waals surface area contributed by atoms with Crippen molar-refractivity contribution >= 4 is 66.0 Å². The SMILES string of the molecule is COc1ccc(N=Nc2sc(N/N=C(\C)c3sc(N/N=C(\C)c4c[nH]c5ccccc45)nc3C)nc2C)cc1. The molecule has 2 aromatic carbocycles. The molecule has 0 saturated heterocycles. The molecule has 0 aliphatic heterocycles. The lowest BCUT2D eigenvalue weighted by Crippen LogP contribution is -1.99. The summed E-state index contributed by atoms with van der Waals surface area (Å²) in [6.45, 7) is 7.76. The number of hydrogen-bond donors (Lipinski definition) is 3. The van der Waals surface area contributed by atoms with Gasteiger partial charge in [0.15, 0.2) is 5.00 Å². The van der Waals surface area contributed by atoms with Gasteiger partial charge in [-0.15, -0.1) is 10.2 Å². The summed E-state index contributed by atoms with van der Waals surface area (Å²) in [5, 5.41) is 20.9. The molecule has 39 heavy (non-hydrogen) atoms. The molecule has 0 unspecified atom stereocenters. The maximum absolute atomic E-state index is 5.18. The van der Waals surface area contributed by atoms with E-state index in [-0.39, 0.29) is 0 Å². The molecule has 0 spiro atoms. The summed E-state index contributed by atoms with van der Waals surface area (Å²) in [7, 11) is 1.63. The highest BCUT2D eigenvalue weighted by molar-refractivity contribution is 7.19. The molecule has 3 heterocycles. The number of nitrogens with zero attached hydrogens (tertiary/aromatic N) is 6. The summed E-state index contributed by atoms with van der Waals surface area (Å²) >= 11 is 2.88. The highest BCUT2D eigenvalue weighted by atomic mass is 32.1. The van der Waals surface area contributed by atoms with E-state index in [4.69, 9.17) is 4.74 Å². The predicted molar refractivity (Wildman–Crippen MR) is 161 cm³/mol. The average Bonchev–Trinajstić information content (AvgIpc) is 3.65. The van der Waals surface area contributed by atoms with Gasteiger partial charge in [-0.25, -0.2) is 9.97 Å². The van der Waals surface area contributed by atoms with Crippen molar-refractivity contribution in [2.24, 2.45) is 20.4 Å². The lowest BCUT2D eigenvalue weighted by molar-refractivity contribution is 0.415. The Kier molecular flexibility index (Phi) is 7.75. The van der Waals surface area contributed by atoms with Gasteiger partial charge in [0.2, 0.25) is 10.3 Å². The lowest BCUT2D eigenvalue weighted by Gasteiger charge is -2.00. The number of thiazole rings is 2. The van der Waals surface area contributed by atoms with Crippen LogP contribution in [0.2, 0.25) is 0 Å². The van der Waals surface area contributed by atoms with Gasteiger partial charge in [0.05, 0.1) is 40.5 Å².